The molecule has 1 aliphatic rings. The van der Waals surface area contributed by atoms with Crippen molar-refractivity contribution in [1.82, 2.24) is 15.1 Å². The molecule has 32 heavy (non-hydrogen) atoms. The quantitative estimate of drug-likeness (QED) is 0.429. The highest BCUT2D eigenvalue weighted by molar-refractivity contribution is 6.00. The molecule has 1 atom stereocenters. The average molecular weight is 437 g/mol. The maximum Gasteiger partial charge on any atom is 0.416 e. The first-order valence-electron chi connectivity index (χ1n) is 9.75. The van der Waals surface area contributed by atoms with Crippen molar-refractivity contribution in [3.05, 3.63) is 107 Å². The molecule has 4 nitrogen and oxygen atoms in total. The molecule has 0 radical (unpaired) electrons. The number of hydrogen-bond donors (Lipinski definition) is 1. The van der Waals surface area contributed by atoms with Crippen molar-refractivity contribution in [2.45, 2.75) is 12.2 Å². The number of nitrogens with one attached hydrogen (secondary N) is 1. The first-order chi connectivity index (χ1) is 15.3. The van der Waals surface area contributed by atoms with Gasteiger partial charge in [-0.15, -0.1) is 0 Å². The van der Waals surface area contributed by atoms with Gasteiger partial charge in [0.05, 0.1) is 23.0 Å². The van der Waals surface area contributed by atoms with Crippen molar-refractivity contribution in [2.24, 2.45) is 0 Å². The van der Waals surface area contributed by atoms with Gasteiger partial charge in [-0.3, -0.25) is 4.79 Å². The van der Waals surface area contributed by atoms with Crippen molar-refractivity contribution < 1.29 is 22.4 Å². The van der Waals surface area contributed by atoms with Crippen LogP contribution < -0.4 is 5.32 Å². The van der Waals surface area contributed by atoms with Crippen molar-refractivity contribution in [3.8, 4) is 16.9 Å². The third-order valence-corrected chi connectivity index (χ3v) is 5.37. The fraction of sp³-hybridized carbons (Fsp3) is 0.0833. The van der Waals surface area contributed by atoms with E-state index in [0.29, 0.717) is 22.5 Å². The van der Waals surface area contributed by atoms with Crippen LogP contribution in [0.2, 0.25) is 0 Å². The van der Waals surface area contributed by atoms with Crippen molar-refractivity contribution >= 4 is 5.91 Å². The zero-order chi connectivity index (χ0) is 22.5. The number of halogens is 4. The van der Waals surface area contributed by atoms with Crippen LogP contribution >= 0.6 is 0 Å². The van der Waals surface area contributed by atoms with Gasteiger partial charge in [0, 0.05) is 11.1 Å². The van der Waals surface area contributed by atoms with Crippen LogP contribution in [-0.4, -0.2) is 15.7 Å². The van der Waals surface area contributed by atoms with Gasteiger partial charge in [-0.25, -0.2) is 9.07 Å². The minimum absolute atomic E-state index is 0.121. The summed E-state index contributed by atoms with van der Waals surface area (Å²) in [6.45, 7) is 0. The Bertz CT molecular complexity index is 1310. The minimum Gasteiger partial charge on any atom is -0.340 e. The summed E-state index contributed by atoms with van der Waals surface area (Å²) in [7, 11) is 0. The molecule has 0 aliphatic carbocycles. The highest BCUT2D eigenvalue weighted by Gasteiger charge is 2.39. The highest BCUT2D eigenvalue weighted by atomic mass is 19.4. The van der Waals surface area contributed by atoms with Gasteiger partial charge in [0.25, 0.3) is 5.91 Å². The van der Waals surface area contributed by atoms with E-state index in [4.69, 9.17) is 0 Å². The second-order valence-electron chi connectivity index (χ2n) is 7.39. The number of alkyl halides is 3. The zero-order valence-corrected chi connectivity index (χ0v) is 16.4. The number of nitrogens with zero attached hydrogens (tertiary/aromatic N) is 2. The summed E-state index contributed by atoms with van der Waals surface area (Å²) < 4.78 is 54.9. The lowest BCUT2D eigenvalue weighted by Gasteiger charge is -2.17. The van der Waals surface area contributed by atoms with E-state index in [1.54, 1.807) is 6.07 Å². The molecule has 1 aromatic heterocycles. The summed E-state index contributed by atoms with van der Waals surface area (Å²) in [5, 5.41) is 7.21. The van der Waals surface area contributed by atoms with Gasteiger partial charge in [0.15, 0.2) is 5.69 Å². The van der Waals surface area contributed by atoms with Crippen LogP contribution in [0.25, 0.3) is 16.9 Å². The summed E-state index contributed by atoms with van der Waals surface area (Å²) in [6.07, 6.45) is -4.51. The van der Waals surface area contributed by atoms with E-state index in [9.17, 15) is 22.4 Å². The molecule has 8 heteroatoms. The normalized spacial score (nSPS) is 15.5. The average Bonchev–Trinajstić information content (AvgIpc) is 3.32. The second kappa shape index (κ2) is 7.33. The SMILES string of the molecule is O=C1NC(c2cccc(C(F)(F)F)c2)c2c1nn(-c1ccc(F)cc1)c2-c1ccccc1. The first-order valence-corrected chi connectivity index (χ1v) is 9.75. The summed E-state index contributed by atoms with van der Waals surface area (Å²) in [5.74, 6) is -0.908. The van der Waals surface area contributed by atoms with Gasteiger partial charge < -0.3 is 5.32 Å². The molecule has 0 spiro atoms. The van der Waals surface area contributed by atoms with E-state index in [1.165, 1.54) is 35.0 Å². The van der Waals surface area contributed by atoms with E-state index in [2.05, 4.69) is 10.4 Å². The first kappa shape index (κ1) is 20.0. The van der Waals surface area contributed by atoms with E-state index in [-0.39, 0.29) is 5.69 Å². The molecule has 0 saturated heterocycles. The number of carbonyl (C=O) groups excluding carboxylic acids is 1. The zero-order valence-electron chi connectivity index (χ0n) is 16.4. The molecule has 1 unspecified atom stereocenters. The number of fused-ring (bicyclic) bond motifs is 1. The standard InChI is InChI=1S/C24H15F4N3O/c25-17-9-11-18(12-10-17)31-22(14-5-2-1-3-6-14)19-20(29-23(32)21(19)30-31)15-7-4-8-16(13-15)24(26,27)28/h1-13,20H,(H,29,32). The smallest absolute Gasteiger partial charge is 0.340 e. The fourth-order valence-electron chi connectivity index (χ4n) is 3.93. The van der Waals surface area contributed by atoms with E-state index in [1.807, 2.05) is 30.3 Å². The molecule has 5 rings (SSSR count). The molecule has 0 bridgehead atoms. The topological polar surface area (TPSA) is 46.9 Å². The van der Waals surface area contributed by atoms with Crippen LogP contribution in [-0.2, 0) is 6.18 Å². The van der Waals surface area contributed by atoms with Gasteiger partial charge in [-0.2, -0.15) is 18.3 Å². The third kappa shape index (κ3) is 3.33. The maximum atomic E-state index is 13.5. The van der Waals surface area contributed by atoms with E-state index in [0.717, 1.165) is 17.7 Å². The van der Waals surface area contributed by atoms with Crippen molar-refractivity contribution in [3.63, 3.8) is 0 Å². The van der Waals surface area contributed by atoms with Crippen LogP contribution in [0.4, 0.5) is 17.6 Å². The van der Waals surface area contributed by atoms with Crippen LogP contribution in [0.3, 0.4) is 0 Å². The molecule has 2 heterocycles. The predicted molar refractivity (Wildman–Crippen MR) is 110 cm³/mol. The molecule has 1 aliphatic heterocycles. The molecule has 4 aromatic rings. The third-order valence-electron chi connectivity index (χ3n) is 5.37. The summed E-state index contributed by atoms with van der Waals surface area (Å²) in [5.41, 5.74) is 1.88. The minimum atomic E-state index is -4.51. The van der Waals surface area contributed by atoms with E-state index < -0.39 is 29.5 Å². The second-order valence-corrected chi connectivity index (χ2v) is 7.39. The maximum absolute atomic E-state index is 13.5. The Hall–Kier alpha value is -3.94. The molecule has 0 fully saturated rings. The number of carbonyl (C=O) groups is 1. The number of hydrogen-bond acceptors (Lipinski definition) is 2. The Morgan fingerprint density at radius 2 is 1.62 bits per heavy atom. The fourth-order valence-corrected chi connectivity index (χ4v) is 3.93. The molecule has 160 valence electrons. The molecular formula is C24H15F4N3O. The van der Waals surface area contributed by atoms with Gasteiger partial charge in [0.2, 0.25) is 0 Å². The lowest BCUT2D eigenvalue weighted by molar-refractivity contribution is -0.137. The van der Waals surface area contributed by atoms with Crippen LogP contribution in [0.5, 0.6) is 0 Å². The monoisotopic (exact) mass is 437 g/mol. The number of amides is 1. The Balaban J connectivity index is 1.74. The molecule has 1 N–H and O–H groups in total. The van der Waals surface area contributed by atoms with Crippen LogP contribution in [0.1, 0.15) is 33.2 Å². The summed E-state index contributed by atoms with van der Waals surface area (Å²) in [4.78, 5) is 12.7. The lowest BCUT2D eigenvalue weighted by atomic mass is 9.95. The summed E-state index contributed by atoms with van der Waals surface area (Å²) >= 11 is 0. The molecule has 1 amide bonds. The van der Waals surface area contributed by atoms with Gasteiger partial charge in [-0.05, 0) is 42.0 Å². The Morgan fingerprint density at radius 1 is 0.906 bits per heavy atom. The van der Waals surface area contributed by atoms with Gasteiger partial charge >= 0.3 is 6.18 Å². The van der Waals surface area contributed by atoms with Gasteiger partial charge in [-0.1, -0.05) is 42.5 Å². The Kier molecular flexibility index (Phi) is 4.58. The number of rotatable bonds is 3. The largest absolute Gasteiger partial charge is 0.416 e. The van der Waals surface area contributed by atoms with Crippen LogP contribution in [0.15, 0.2) is 78.9 Å². The Labute approximate surface area is 180 Å². The van der Waals surface area contributed by atoms with Gasteiger partial charge in [0.1, 0.15) is 5.82 Å². The van der Waals surface area contributed by atoms with Crippen molar-refractivity contribution in [2.75, 3.05) is 0 Å². The predicted octanol–water partition coefficient (Wildman–Crippen LogP) is 5.53. The molecule has 0 saturated carbocycles. The Morgan fingerprint density at radius 3 is 2.31 bits per heavy atom. The lowest BCUT2D eigenvalue weighted by Crippen LogP contribution is -2.22. The summed E-state index contributed by atoms with van der Waals surface area (Å²) in [6, 6.07) is 18.8. The molecular weight excluding hydrogens is 422 g/mol. The molecule has 3 aromatic carbocycles. The van der Waals surface area contributed by atoms with Crippen LogP contribution in [0, 0.1) is 5.82 Å². The highest BCUT2D eigenvalue weighted by Crippen LogP contribution is 2.41. The van der Waals surface area contributed by atoms with E-state index >= 15 is 0 Å². The number of benzene rings is 3. The van der Waals surface area contributed by atoms with Crippen molar-refractivity contribution in [1.29, 1.82) is 0 Å². The number of aromatic nitrogens is 2.